The number of hydrogen-bond donors (Lipinski definition) is 0. The predicted molar refractivity (Wildman–Crippen MR) is 63.2 cm³/mol. The molecule has 0 saturated heterocycles. The Morgan fingerprint density at radius 2 is 2.14 bits per heavy atom. The molecule has 0 spiro atoms. The fraction of sp³-hybridized carbons (Fsp3) is 0.100. The van der Waals surface area contributed by atoms with Crippen LogP contribution in [0.3, 0.4) is 0 Å². The van der Waals surface area contributed by atoms with E-state index in [0.29, 0.717) is 21.2 Å². The van der Waals surface area contributed by atoms with Crippen molar-refractivity contribution in [2.75, 3.05) is 0 Å². The van der Waals surface area contributed by atoms with Crippen molar-refractivity contribution in [1.29, 1.82) is 5.26 Å². The first-order valence-electron chi connectivity index (χ1n) is 3.78. The summed E-state index contributed by atoms with van der Waals surface area (Å²) in [5.74, 6) is 0. The van der Waals surface area contributed by atoms with Crippen molar-refractivity contribution in [3.63, 3.8) is 0 Å². The summed E-state index contributed by atoms with van der Waals surface area (Å²) in [5, 5.41) is 9.59. The number of nitrogens with zero attached hydrogens (tertiary/aromatic N) is 1. The van der Waals surface area contributed by atoms with Gasteiger partial charge in [-0.1, -0.05) is 45.2 Å². The summed E-state index contributed by atoms with van der Waals surface area (Å²) in [7, 11) is 0. The fourth-order valence-corrected chi connectivity index (χ4v) is 1.94. The van der Waals surface area contributed by atoms with Crippen molar-refractivity contribution in [1.82, 2.24) is 0 Å². The average Bonchev–Trinajstić information content (AvgIpc) is 2.15. The Morgan fingerprint density at radius 1 is 1.50 bits per heavy atom. The maximum absolute atomic E-state index is 8.67. The molecule has 0 aliphatic heterocycles. The Kier molecular flexibility index (Phi) is 4.00. The van der Waals surface area contributed by atoms with Crippen molar-refractivity contribution in [2.24, 2.45) is 0 Å². The van der Waals surface area contributed by atoms with Crippen LogP contribution in [-0.4, -0.2) is 0 Å². The van der Waals surface area contributed by atoms with Gasteiger partial charge in [-0.15, -0.1) is 0 Å². The summed E-state index contributed by atoms with van der Waals surface area (Å²) < 4.78 is 0.880. The molecule has 1 aromatic rings. The van der Waals surface area contributed by atoms with Crippen LogP contribution in [0.4, 0.5) is 0 Å². The van der Waals surface area contributed by atoms with E-state index in [1.165, 1.54) is 0 Å². The lowest BCUT2D eigenvalue weighted by Crippen LogP contribution is -1.83. The lowest BCUT2D eigenvalue weighted by atomic mass is 10.1. The smallest absolute Gasteiger partial charge is 0.0959 e. The summed E-state index contributed by atoms with van der Waals surface area (Å²) in [6, 6.07) is 7.32. The van der Waals surface area contributed by atoms with Gasteiger partial charge in [-0.25, -0.2) is 0 Å². The highest BCUT2D eigenvalue weighted by Gasteiger charge is 2.07. The van der Waals surface area contributed by atoms with Crippen molar-refractivity contribution < 1.29 is 0 Å². The van der Waals surface area contributed by atoms with Crippen molar-refractivity contribution in [3.8, 4) is 6.07 Å². The van der Waals surface area contributed by atoms with E-state index in [-0.39, 0.29) is 0 Å². The van der Waals surface area contributed by atoms with Gasteiger partial charge >= 0.3 is 0 Å². The standard InChI is InChI=1S/C10H6BrCl2N/c1-6(5-14)10(13)8-3-2-7(11)4-9(8)12/h2-4H,1H3. The van der Waals surface area contributed by atoms with Gasteiger partial charge in [0.25, 0.3) is 0 Å². The van der Waals surface area contributed by atoms with Crippen LogP contribution >= 0.6 is 39.1 Å². The molecule has 1 rings (SSSR count). The molecule has 0 aromatic heterocycles. The molecule has 0 radical (unpaired) electrons. The first kappa shape index (κ1) is 11.6. The molecule has 1 nitrogen and oxygen atoms in total. The largest absolute Gasteiger partial charge is 0.193 e. The topological polar surface area (TPSA) is 23.8 Å². The minimum Gasteiger partial charge on any atom is -0.193 e. The predicted octanol–water partition coefficient (Wildman–Crippen LogP) is 4.60. The average molecular weight is 291 g/mol. The van der Waals surface area contributed by atoms with E-state index in [4.69, 9.17) is 28.5 Å². The molecule has 0 bridgehead atoms. The highest BCUT2D eigenvalue weighted by molar-refractivity contribution is 9.10. The van der Waals surface area contributed by atoms with Crippen LogP contribution in [-0.2, 0) is 0 Å². The summed E-state index contributed by atoms with van der Waals surface area (Å²) in [6.07, 6.45) is 0. The molecule has 72 valence electrons. The summed E-state index contributed by atoms with van der Waals surface area (Å²) in [4.78, 5) is 0. The number of hydrogen-bond acceptors (Lipinski definition) is 1. The van der Waals surface area contributed by atoms with Gasteiger partial charge in [-0.3, -0.25) is 0 Å². The van der Waals surface area contributed by atoms with Crippen LogP contribution in [0.5, 0.6) is 0 Å². The van der Waals surface area contributed by atoms with Gasteiger partial charge in [0, 0.05) is 15.6 Å². The van der Waals surface area contributed by atoms with Gasteiger partial charge in [0.2, 0.25) is 0 Å². The highest BCUT2D eigenvalue weighted by Crippen LogP contribution is 2.31. The molecule has 4 heteroatoms. The molecular weight excluding hydrogens is 285 g/mol. The Bertz CT molecular complexity index is 432. The molecule has 0 fully saturated rings. The molecule has 0 aliphatic carbocycles. The molecule has 0 heterocycles. The summed E-state index contributed by atoms with van der Waals surface area (Å²) >= 11 is 15.2. The Hall–Kier alpha value is -0.490. The van der Waals surface area contributed by atoms with Crippen LogP contribution in [0.15, 0.2) is 28.2 Å². The molecule has 0 aliphatic rings. The Labute approximate surface area is 101 Å². The Morgan fingerprint density at radius 3 is 2.64 bits per heavy atom. The molecule has 0 unspecified atom stereocenters. The quantitative estimate of drug-likeness (QED) is 0.694. The lowest BCUT2D eigenvalue weighted by molar-refractivity contribution is 1.45. The van der Waals surface area contributed by atoms with Gasteiger partial charge in [-0.05, 0) is 19.1 Å². The number of rotatable bonds is 1. The molecule has 0 amide bonds. The Balaban J connectivity index is 3.29. The zero-order chi connectivity index (χ0) is 10.7. The van der Waals surface area contributed by atoms with Crippen LogP contribution in [0.25, 0.3) is 5.03 Å². The van der Waals surface area contributed by atoms with Crippen LogP contribution in [0.2, 0.25) is 5.02 Å². The third kappa shape index (κ3) is 2.51. The second-order valence-electron chi connectivity index (χ2n) is 2.67. The summed E-state index contributed by atoms with van der Waals surface area (Å²) in [5.41, 5.74) is 1.13. The molecule has 0 saturated carbocycles. The lowest BCUT2D eigenvalue weighted by Gasteiger charge is -2.03. The molecule has 0 atom stereocenters. The van der Waals surface area contributed by atoms with E-state index in [9.17, 15) is 0 Å². The van der Waals surface area contributed by atoms with E-state index in [1.807, 2.05) is 12.1 Å². The van der Waals surface area contributed by atoms with Crippen molar-refractivity contribution >= 4 is 44.2 Å². The van der Waals surface area contributed by atoms with E-state index >= 15 is 0 Å². The number of nitriles is 1. The third-order valence-corrected chi connectivity index (χ3v) is 2.96. The second kappa shape index (κ2) is 4.84. The number of allylic oxidation sites excluding steroid dienone is 1. The normalized spacial score (nSPS) is 11.9. The maximum Gasteiger partial charge on any atom is 0.0959 e. The van der Waals surface area contributed by atoms with E-state index in [0.717, 1.165) is 4.47 Å². The van der Waals surface area contributed by atoms with Crippen molar-refractivity contribution in [2.45, 2.75) is 6.92 Å². The van der Waals surface area contributed by atoms with Crippen LogP contribution in [0, 0.1) is 11.3 Å². The van der Waals surface area contributed by atoms with Gasteiger partial charge < -0.3 is 0 Å². The minimum absolute atomic E-state index is 0.394. The summed E-state index contributed by atoms with van der Waals surface area (Å²) in [6.45, 7) is 1.65. The first-order valence-corrected chi connectivity index (χ1v) is 5.33. The molecule has 1 aromatic carbocycles. The highest BCUT2D eigenvalue weighted by atomic mass is 79.9. The number of benzene rings is 1. The van der Waals surface area contributed by atoms with Gasteiger partial charge in [0.05, 0.1) is 16.1 Å². The number of halogens is 3. The molecule has 14 heavy (non-hydrogen) atoms. The van der Waals surface area contributed by atoms with Crippen LogP contribution in [0.1, 0.15) is 12.5 Å². The molecule has 0 N–H and O–H groups in total. The monoisotopic (exact) mass is 289 g/mol. The minimum atomic E-state index is 0.394. The van der Waals surface area contributed by atoms with E-state index in [1.54, 1.807) is 19.1 Å². The zero-order valence-electron chi connectivity index (χ0n) is 7.31. The zero-order valence-corrected chi connectivity index (χ0v) is 10.4. The van der Waals surface area contributed by atoms with Gasteiger partial charge in [0.1, 0.15) is 0 Å². The van der Waals surface area contributed by atoms with Crippen molar-refractivity contribution in [3.05, 3.63) is 38.8 Å². The van der Waals surface area contributed by atoms with Gasteiger partial charge in [0.15, 0.2) is 0 Å². The maximum atomic E-state index is 8.67. The third-order valence-electron chi connectivity index (χ3n) is 1.66. The fourth-order valence-electron chi connectivity index (χ4n) is 0.919. The second-order valence-corrected chi connectivity index (χ2v) is 4.38. The van der Waals surface area contributed by atoms with Crippen LogP contribution < -0.4 is 0 Å². The first-order chi connectivity index (χ1) is 6.56. The van der Waals surface area contributed by atoms with Gasteiger partial charge in [-0.2, -0.15) is 5.26 Å². The molecular formula is C10H6BrCl2N. The van der Waals surface area contributed by atoms with E-state index < -0.39 is 0 Å². The van der Waals surface area contributed by atoms with E-state index in [2.05, 4.69) is 15.9 Å². The SMILES string of the molecule is CC(C#N)=C(Cl)c1ccc(Br)cc1Cl.